The lowest BCUT2D eigenvalue weighted by Gasteiger charge is -2.09. The zero-order valence-corrected chi connectivity index (χ0v) is 18.3. The van der Waals surface area contributed by atoms with Gasteiger partial charge in [0, 0.05) is 11.5 Å². The van der Waals surface area contributed by atoms with Gasteiger partial charge in [-0.25, -0.2) is 0 Å². The van der Waals surface area contributed by atoms with Crippen molar-refractivity contribution in [3.05, 3.63) is 82.6 Å². The van der Waals surface area contributed by atoms with Gasteiger partial charge in [-0.1, -0.05) is 35.5 Å². The molecule has 0 aliphatic carbocycles. The second kappa shape index (κ2) is 8.23. The van der Waals surface area contributed by atoms with Crippen LogP contribution in [0, 0.1) is 6.92 Å². The Hall–Kier alpha value is -4.46. The van der Waals surface area contributed by atoms with Crippen molar-refractivity contribution in [3.8, 4) is 40.2 Å². The highest BCUT2D eigenvalue weighted by atomic mass is 16.5. The van der Waals surface area contributed by atoms with E-state index in [1.54, 1.807) is 38.5 Å². The molecule has 0 spiro atoms. The Bertz CT molecular complexity index is 1540. The summed E-state index contributed by atoms with van der Waals surface area (Å²) in [4.78, 5) is 17.8. The van der Waals surface area contributed by atoms with Gasteiger partial charge < -0.3 is 14.0 Å². The van der Waals surface area contributed by atoms with E-state index in [0.717, 1.165) is 5.56 Å². The molecule has 8 nitrogen and oxygen atoms in total. The van der Waals surface area contributed by atoms with Crippen LogP contribution in [0.1, 0.15) is 5.56 Å². The number of methoxy groups -OCH3 is 2. The number of ether oxygens (including phenoxy) is 2. The van der Waals surface area contributed by atoms with Crippen molar-refractivity contribution in [2.24, 2.45) is 0 Å². The van der Waals surface area contributed by atoms with Crippen LogP contribution in [0.3, 0.4) is 0 Å². The van der Waals surface area contributed by atoms with Gasteiger partial charge in [-0.05, 0) is 42.8 Å². The standard InChI is InChI=1S/C25H20N4O4/c1-15-7-6-8-16(13-15)29-25(30)19-10-5-4-9-18(19)22(27-29)24-26-23(28-33-24)20-12-11-17(31-2)14-21(20)32-3/h4-14H,1-3H3. The van der Waals surface area contributed by atoms with Crippen molar-refractivity contribution in [2.45, 2.75) is 6.92 Å². The Labute approximate surface area is 189 Å². The van der Waals surface area contributed by atoms with E-state index >= 15 is 0 Å². The minimum absolute atomic E-state index is 0.195. The average Bonchev–Trinajstić information content (AvgIpc) is 3.34. The number of rotatable bonds is 5. The third-order valence-electron chi connectivity index (χ3n) is 5.33. The summed E-state index contributed by atoms with van der Waals surface area (Å²) < 4.78 is 17.7. The van der Waals surface area contributed by atoms with Gasteiger partial charge in [-0.2, -0.15) is 14.8 Å². The Balaban J connectivity index is 1.70. The molecule has 0 saturated heterocycles. The maximum Gasteiger partial charge on any atom is 0.279 e. The predicted molar refractivity (Wildman–Crippen MR) is 124 cm³/mol. The molecule has 0 fully saturated rings. The molecule has 5 aromatic rings. The zero-order chi connectivity index (χ0) is 22.9. The van der Waals surface area contributed by atoms with Crippen LogP contribution >= 0.6 is 0 Å². The van der Waals surface area contributed by atoms with Crippen LogP contribution in [0.25, 0.3) is 39.4 Å². The Morgan fingerprint density at radius 3 is 2.48 bits per heavy atom. The third-order valence-corrected chi connectivity index (χ3v) is 5.33. The van der Waals surface area contributed by atoms with E-state index in [1.807, 2.05) is 49.4 Å². The molecule has 0 atom stereocenters. The average molecular weight is 440 g/mol. The van der Waals surface area contributed by atoms with Gasteiger partial charge in [0.25, 0.3) is 11.4 Å². The summed E-state index contributed by atoms with van der Waals surface area (Å²) in [6.45, 7) is 1.96. The maximum absolute atomic E-state index is 13.2. The minimum atomic E-state index is -0.225. The van der Waals surface area contributed by atoms with Crippen molar-refractivity contribution in [3.63, 3.8) is 0 Å². The van der Waals surface area contributed by atoms with Crippen LogP contribution in [0.4, 0.5) is 0 Å². The highest BCUT2D eigenvalue weighted by molar-refractivity contribution is 5.92. The van der Waals surface area contributed by atoms with Crippen molar-refractivity contribution in [2.75, 3.05) is 14.2 Å². The van der Waals surface area contributed by atoms with Crippen LogP contribution in [0.5, 0.6) is 11.5 Å². The van der Waals surface area contributed by atoms with Gasteiger partial charge >= 0.3 is 0 Å². The smallest absolute Gasteiger partial charge is 0.279 e. The van der Waals surface area contributed by atoms with Crippen molar-refractivity contribution in [1.29, 1.82) is 0 Å². The predicted octanol–water partition coefficient (Wildman–Crippen LogP) is 4.43. The van der Waals surface area contributed by atoms with Gasteiger partial charge in [0.2, 0.25) is 5.82 Å². The fourth-order valence-electron chi connectivity index (χ4n) is 3.69. The van der Waals surface area contributed by atoms with Crippen LogP contribution in [0.15, 0.2) is 76.0 Å². The molecule has 0 aliphatic heterocycles. The molecule has 0 radical (unpaired) electrons. The van der Waals surface area contributed by atoms with E-state index in [2.05, 4.69) is 15.2 Å². The number of hydrogen-bond donors (Lipinski definition) is 0. The van der Waals surface area contributed by atoms with Gasteiger partial charge in [0.15, 0.2) is 5.69 Å². The minimum Gasteiger partial charge on any atom is -0.497 e. The van der Waals surface area contributed by atoms with Crippen molar-refractivity contribution in [1.82, 2.24) is 19.9 Å². The number of aryl methyl sites for hydroxylation is 1. The summed E-state index contributed by atoms with van der Waals surface area (Å²) in [5, 5.41) is 9.89. The lowest BCUT2D eigenvalue weighted by atomic mass is 10.1. The summed E-state index contributed by atoms with van der Waals surface area (Å²) in [7, 11) is 3.15. The highest BCUT2D eigenvalue weighted by Crippen LogP contribution is 2.33. The molecule has 33 heavy (non-hydrogen) atoms. The summed E-state index contributed by atoms with van der Waals surface area (Å²) in [5.74, 6) is 1.73. The lowest BCUT2D eigenvalue weighted by Crippen LogP contribution is -2.22. The van der Waals surface area contributed by atoms with Gasteiger partial charge in [-0.3, -0.25) is 4.79 Å². The summed E-state index contributed by atoms with van der Waals surface area (Å²) >= 11 is 0. The van der Waals surface area contributed by atoms with Crippen molar-refractivity contribution >= 4 is 10.8 Å². The molecule has 5 rings (SSSR count). The molecule has 0 unspecified atom stereocenters. The van der Waals surface area contributed by atoms with Crippen LogP contribution in [-0.4, -0.2) is 34.1 Å². The fraction of sp³-hybridized carbons (Fsp3) is 0.120. The molecule has 2 aromatic heterocycles. The number of fused-ring (bicyclic) bond motifs is 1. The molecule has 0 saturated carbocycles. The van der Waals surface area contributed by atoms with Crippen LogP contribution in [-0.2, 0) is 0 Å². The van der Waals surface area contributed by atoms with E-state index in [9.17, 15) is 4.79 Å². The second-order valence-electron chi connectivity index (χ2n) is 7.44. The van der Waals surface area contributed by atoms with Gasteiger partial charge in [-0.15, -0.1) is 0 Å². The normalized spacial score (nSPS) is 11.0. The van der Waals surface area contributed by atoms with Gasteiger partial charge in [0.1, 0.15) is 11.5 Å². The van der Waals surface area contributed by atoms with Crippen LogP contribution < -0.4 is 15.0 Å². The zero-order valence-electron chi connectivity index (χ0n) is 18.3. The first kappa shape index (κ1) is 20.4. The summed E-state index contributed by atoms with van der Waals surface area (Å²) in [6, 6.07) is 20.1. The molecular formula is C25H20N4O4. The van der Waals surface area contributed by atoms with E-state index in [-0.39, 0.29) is 11.4 Å². The molecule has 2 heterocycles. The van der Waals surface area contributed by atoms with E-state index in [0.29, 0.717) is 45.0 Å². The molecule has 3 aromatic carbocycles. The number of nitrogens with zero attached hydrogens (tertiary/aromatic N) is 4. The Kier molecular flexibility index (Phi) is 5.10. The van der Waals surface area contributed by atoms with Crippen LogP contribution in [0.2, 0.25) is 0 Å². The summed E-state index contributed by atoms with van der Waals surface area (Å²) in [5.41, 5.74) is 2.50. The molecule has 0 N–H and O–H groups in total. The highest BCUT2D eigenvalue weighted by Gasteiger charge is 2.20. The van der Waals surface area contributed by atoms with E-state index in [1.165, 1.54) is 4.68 Å². The number of aromatic nitrogens is 4. The van der Waals surface area contributed by atoms with E-state index in [4.69, 9.17) is 14.0 Å². The molecule has 0 amide bonds. The largest absolute Gasteiger partial charge is 0.497 e. The summed E-state index contributed by atoms with van der Waals surface area (Å²) in [6.07, 6.45) is 0. The van der Waals surface area contributed by atoms with Gasteiger partial charge in [0.05, 0.1) is 30.9 Å². The first-order chi connectivity index (χ1) is 16.1. The Morgan fingerprint density at radius 2 is 1.73 bits per heavy atom. The third kappa shape index (κ3) is 3.61. The first-order valence-corrected chi connectivity index (χ1v) is 10.2. The molecule has 0 bridgehead atoms. The van der Waals surface area contributed by atoms with E-state index < -0.39 is 0 Å². The maximum atomic E-state index is 13.2. The topological polar surface area (TPSA) is 92.3 Å². The molecule has 0 aliphatic rings. The monoisotopic (exact) mass is 440 g/mol. The quantitative estimate of drug-likeness (QED) is 0.399. The second-order valence-corrected chi connectivity index (χ2v) is 7.44. The molecule has 164 valence electrons. The SMILES string of the molecule is COc1ccc(-c2noc(-c3nn(-c4cccc(C)c4)c(=O)c4ccccc34)n2)c(OC)c1. The number of benzene rings is 3. The number of hydrogen-bond acceptors (Lipinski definition) is 7. The molecular weight excluding hydrogens is 420 g/mol. The van der Waals surface area contributed by atoms with Crippen molar-refractivity contribution < 1.29 is 14.0 Å². The lowest BCUT2D eigenvalue weighted by molar-refractivity contribution is 0.394. The fourth-order valence-corrected chi connectivity index (χ4v) is 3.69. The Morgan fingerprint density at radius 1 is 0.909 bits per heavy atom. The molecule has 8 heteroatoms. The first-order valence-electron chi connectivity index (χ1n) is 10.2.